The van der Waals surface area contributed by atoms with E-state index >= 15 is 0 Å². The van der Waals surface area contributed by atoms with E-state index in [2.05, 4.69) is 36.9 Å². The van der Waals surface area contributed by atoms with Gasteiger partial charge in [0.05, 0.1) is 34.8 Å². The summed E-state index contributed by atoms with van der Waals surface area (Å²) in [6.45, 7) is 7.54. The zero-order valence-electron chi connectivity index (χ0n) is 23.2. The molecule has 2 aliphatic heterocycles. The van der Waals surface area contributed by atoms with Crippen molar-refractivity contribution in [2.24, 2.45) is 0 Å². The number of nitrogens with zero attached hydrogens (tertiary/aromatic N) is 3. The average molecular weight is 585 g/mol. The largest absolute Gasteiger partial charge is 0.494 e. The van der Waals surface area contributed by atoms with Crippen LogP contribution >= 0.6 is 11.6 Å². The van der Waals surface area contributed by atoms with Gasteiger partial charge in [0.15, 0.2) is 15.7 Å². The maximum atomic E-state index is 12.9. The van der Waals surface area contributed by atoms with E-state index in [-0.39, 0.29) is 9.92 Å². The van der Waals surface area contributed by atoms with Gasteiger partial charge < -0.3 is 20.7 Å². The second-order valence-corrected chi connectivity index (χ2v) is 13.4. The number of ether oxygens (including phenoxy) is 1. The van der Waals surface area contributed by atoms with E-state index in [1.807, 2.05) is 6.07 Å². The Morgan fingerprint density at radius 2 is 1.80 bits per heavy atom. The smallest absolute Gasteiger partial charge is 0.229 e. The molecule has 1 saturated heterocycles. The molecule has 3 heterocycles. The first-order valence-electron chi connectivity index (χ1n) is 13.8. The van der Waals surface area contributed by atoms with Crippen LogP contribution < -0.4 is 20.7 Å². The fraction of sp³-hybridized carbons (Fsp3) is 0.448. The van der Waals surface area contributed by atoms with Crippen molar-refractivity contribution in [1.82, 2.24) is 20.2 Å². The molecule has 0 amide bonds. The van der Waals surface area contributed by atoms with Gasteiger partial charge in [0.1, 0.15) is 10.8 Å². The number of halogens is 1. The highest BCUT2D eigenvalue weighted by atomic mass is 35.5. The normalized spacial score (nSPS) is 16.8. The summed E-state index contributed by atoms with van der Waals surface area (Å²) in [4.78, 5) is 11.8. The number of anilines is 4. The molecule has 0 saturated carbocycles. The summed E-state index contributed by atoms with van der Waals surface area (Å²) in [5.41, 5.74) is 3.70. The van der Waals surface area contributed by atoms with Crippen molar-refractivity contribution in [3.05, 3.63) is 58.7 Å². The summed E-state index contributed by atoms with van der Waals surface area (Å²) in [6, 6.07) is 11.5. The number of sulfone groups is 1. The van der Waals surface area contributed by atoms with Crippen molar-refractivity contribution in [2.75, 3.05) is 43.9 Å². The zero-order valence-corrected chi connectivity index (χ0v) is 24.8. The van der Waals surface area contributed by atoms with Gasteiger partial charge in [-0.05, 0) is 76.4 Å². The van der Waals surface area contributed by atoms with Gasteiger partial charge in [-0.2, -0.15) is 4.98 Å². The minimum absolute atomic E-state index is 0.195. The number of benzene rings is 2. The Bertz CT molecular complexity index is 1460. The molecular formula is C29H37ClN6O3S. The third-order valence-corrected chi connectivity index (χ3v) is 10.2. The molecule has 0 spiro atoms. The van der Waals surface area contributed by atoms with Crippen molar-refractivity contribution in [2.45, 2.75) is 55.7 Å². The summed E-state index contributed by atoms with van der Waals surface area (Å²) < 4.78 is 31.8. The number of piperidine rings is 1. The third-order valence-electron chi connectivity index (χ3n) is 7.76. The van der Waals surface area contributed by atoms with Crippen LogP contribution in [0.25, 0.3) is 0 Å². The first-order chi connectivity index (χ1) is 19.3. The van der Waals surface area contributed by atoms with Crippen LogP contribution in [0.5, 0.6) is 5.75 Å². The van der Waals surface area contributed by atoms with E-state index in [0.717, 1.165) is 50.5 Å². The SMILES string of the molecule is COc1c(Nc2ncc(Cl)c(Nc3ccccc3S(=O)(=O)C(C)C)n2)ccc2c1CCN(C1CCNCC1)CC2. The Morgan fingerprint density at radius 1 is 1.05 bits per heavy atom. The molecule has 1 aromatic heterocycles. The highest BCUT2D eigenvalue weighted by molar-refractivity contribution is 7.92. The number of hydrogen-bond acceptors (Lipinski definition) is 9. The van der Waals surface area contributed by atoms with Crippen LogP contribution in [0.3, 0.4) is 0 Å². The Balaban J connectivity index is 1.38. The lowest BCUT2D eigenvalue weighted by Gasteiger charge is -2.33. The summed E-state index contributed by atoms with van der Waals surface area (Å²) in [7, 11) is -1.83. The second kappa shape index (κ2) is 12.3. The molecule has 0 atom stereocenters. The Morgan fingerprint density at radius 3 is 2.55 bits per heavy atom. The molecule has 0 radical (unpaired) electrons. The van der Waals surface area contributed by atoms with Gasteiger partial charge in [0.25, 0.3) is 0 Å². The molecule has 2 aliphatic rings. The topological polar surface area (TPSA) is 108 Å². The molecule has 9 nitrogen and oxygen atoms in total. The monoisotopic (exact) mass is 584 g/mol. The Hall–Kier alpha value is -2.92. The summed E-state index contributed by atoms with van der Waals surface area (Å²) >= 11 is 6.43. The lowest BCUT2D eigenvalue weighted by molar-refractivity contribution is 0.169. The average Bonchev–Trinajstić information content (AvgIpc) is 3.18. The van der Waals surface area contributed by atoms with E-state index in [9.17, 15) is 8.42 Å². The fourth-order valence-corrected chi connectivity index (χ4v) is 6.85. The predicted octanol–water partition coefficient (Wildman–Crippen LogP) is 4.96. The lowest BCUT2D eigenvalue weighted by atomic mass is 10.0. The van der Waals surface area contributed by atoms with Gasteiger partial charge in [-0.15, -0.1) is 0 Å². The van der Waals surface area contributed by atoms with Crippen molar-refractivity contribution in [3.8, 4) is 5.75 Å². The van der Waals surface area contributed by atoms with Crippen LogP contribution in [0.2, 0.25) is 5.02 Å². The Kier molecular flexibility index (Phi) is 8.80. The number of aromatic nitrogens is 2. The summed E-state index contributed by atoms with van der Waals surface area (Å²) in [5, 5.41) is 9.57. The third kappa shape index (κ3) is 6.05. The van der Waals surface area contributed by atoms with Crippen molar-refractivity contribution in [3.63, 3.8) is 0 Å². The van der Waals surface area contributed by atoms with E-state index in [1.165, 1.54) is 30.2 Å². The van der Waals surface area contributed by atoms with Gasteiger partial charge in [-0.25, -0.2) is 13.4 Å². The van der Waals surface area contributed by atoms with Crippen LogP contribution in [-0.2, 0) is 22.7 Å². The molecule has 0 unspecified atom stereocenters. The maximum absolute atomic E-state index is 12.9. The van der Waals surface area contributed by atoms with Crippen molar-refractivity contribution >= 4 is 44.6 Å². The first kappa shape index (κ1) is 28.6. The molecule has 0 aliphatic carbocycles. The van der Waals surface area contributed by atoms with Gasteiger partial charge in [-0.3, -0.25) is 4.90 Å². The number of fused-ring (bicyclic) bond motifs is 1. The number of nitrogens with one attached hydrogen (secondary N) is 3. The van der Waals surface area contributed by atoms with Gasteiger partial charge in [-0.1, -0.05) is 29.8 Å². The number of rotatable bonds is 8. The van der Waals surface area contributed by atoms with Gasteiger partial charge >= 0.3 is 0 Å². The van der Waals surface area contributed by atoms with Crippen LogP contribution in [0.1, 0.15) is 37.8 Å². The molecule has 1 fully saturated rings. The zero-order chi connectivity index (χ0) is 28.3. The minimum atomic E-state index is -3.52. The van der Waals surface area contributed by atoms with Crippen LogP contribution in [-0.4, -0.2) is 67.9 Å². The highest BCUT2D eigenvalue weighted by Crippen LogP contribution is 2.36. The fourth-order valence-electron chi connectivity index (χ4n) is 5.51. The number of para-hydroxylation sites is 1. The Labute approximate surface area is 241 Å². The van der Waals surface area contributed by atoms with Crippen LogP contribution in [0.4, 0.5) is 23.1 Å². The first-order valence-corrected chi connectivity index (χ1v) is 15.7. The predicted molar refractivity (Wildman–Crippen MR) is 160 cm³/mol. The molecule has 11 heteroatoms. The molecule has 3 N–H and O–H groups in total. The number of methoxy groups -OCH3 is 1. The summed E-state index contributed by atoms with van der Waals surface area (Å²) in [6.07, 6.45) is 5.77. The quantitative estimate of drug-likeness (QED) is 0.338. The van der Waals surface area contributed by atoms with Crippen LogP contribution in [0.15, 0.2) is 47.5 Å². The standard InChI is InChI=1S/C29H37ClN6O3S/c1-19(2)40(37,38)26-7-5-4-6-24(26)33-28-23(30)18-32-29(35-28)34-25-9-8-20-12-16-36(21-10-14-31-15-11-21)17-13-22(20)27(25)39-3/h4-9,18-19,21,31H,10-17H2,1-3H3,(H2,32,33,34,35). The number of hydrogen-bond donors (Lipinski definition) is 3. The van der Waals surface area contributed by atoms with Crippen LogP contribution in [0, 0.1) is 0 Å². The molecule has 3 aromatic rings. The minimum Gasteiger partial charge on any atom is -0.494 e. The van der Waals surface area contributed by atoms with Crippen molar-refractivity contribution < 1.29 is 13.2 Å². The molecule has 40 heavy (non-hydrogen) atoms. The molecule has 214 valence electrons. The van der Waals surface area contributed by atoms with E-state index in [1.54, 1.807) is 45.2 Å². The molecule has 5 rings (SSSR count). The summed E-state index contributed by atoms with van der Waals surface area (Å²) in [5.74, 6) is 1.42. The van der Waals surface area contributed by atoms with E-state index in [4.69, 9.17) is 16.3 Å². The lowest BCUT2D eigenvalue weighted by Crippen LogP contribution is -2.44. The molecular weight excluding hydrogens is 548 g/mol. The second-order valence-electron chi connectivity index (χ2n) is 10.5. The van der Waals surface area contributed by atoms with Gasteiger partial charge in [0.2, 0.25) is 5.95 Å². The van der Waals surface area contributed by atoms with Crippen molar-refractivity contribution in [1.29, 1.82) is 0 Å². The molecule has 2 aromatic carbocycles. The maximum Gasteiger partial charge on any atom is 0.229 e. The van der Waals surface area contributed by atoms with E-state index in [0.29, 0.717) is 23.5 Å². The van der Waals surface area contributed by atoms with E-state index < -0.39 is 15.1 Å². The highest BCUT2D eigenvalue weighted by Gasteiger charge is 2.26. The molecule has 0 bridgehead atoms. The van der Waals surface area contributed by atoms with Gasteiger partial charge in [0, 0.05) is 24.7 Å².